The molecule has 1 fully saturated rings. The number of hydrogen-bond acceptors (Lipinski definition) is 3. The summed E-state index contributed by atoms with van der Waals surface area (Å²) in [7, 11) is 2.08. The van der Waals surface area contributed by atoms with Crippen LogP contribution in [0.25, 0.3) is 10.8 Å². The van der Waals surface area contributed by atoms with E-state index in [0.717, 1.165) is 42.5 Å². The number of nitro benzene ring substituents is 1. The van der Waals surface area contributed by atoms with Crippen LogP contribution in [0.4, 0.5) is 11.4 Å². The molecule has 5 rings (SSSR count). The van der Waals surface area contributed by atoms with Crippen molar-refractivity contribution in [3.63, 3.8) is 0 Å². The first-order valence-electron chi connectivity index (χ1n) is 13.4. The lowest BCUT2D eigenvalue weighted by atomic mass is 9.68. The maximum atomic E-state index is 11.7. The van der Waals surface area contributed by atoms with Crippen LogP contribution in [0.3, 0.4) is 0 Å². The molecule has 4 nitrogen and oxygen atoms in total. The summed E-state index contributed by atoms with van der Waals surface area (Å²) in [4.78, 5) is 13.7. The van der Waals surface area contributed by atoms with E-state index in [9.17, 15) is 10.1 Å². The summed E-state index contributed by atoms with van der Waals surface area (Å²) in [6, 6.07) is 16.7. The molecule has 0 atom stereocenters. The molecule has 196 valence electrons. The minimum Gasteiger partial charge on any atom is -0.347 e. The molecule has 0 aromatic heterocycles. The molecule has 0 unspecified atom stereocenters. The fraction of sp³-hybridized carbons (Fsp3) is 0.333. The first kappa shape index (κ1) is 26.4. The Morgan fingerprint density at radius 3 is 2.55 bits per heavy atom. The Morgan fingerprint density at radius 2 is 1.84 bits per heavy atom. The zero-order valence-electron chi connectivity index (χ0n) is 22.7. The van der Waals surface area contributed by atoms with Crippen molar-refractivity contribution in [2.24, 2.45) is 0 Å². The minimum atomic E-state index is -0.288. The number of halogens is 1. The third-order valence-corrected chi connectivity index (χ3v) is 9.45. The highest BCUT2D eigenvalue weighted by Gasteiger charge is 2.47. The highest BCUT2D eigenvalue weighted by atomic mass is 79.9. The van der Waals surface area contributed by atoms with Crippen molar-refractivity contribution >= 4 is 38.1 Å². The number of fused-ring (bicyclic) bond motifs is 3. The van der Waals surface area contributed by atoms with Crippen LogP contribution in [-0.4, -0.2) is 12.0 Å². The highest BCUT2D eigenvalue weighted by molar-refractivity contribution is 9.10. The van der Waals surface area contributed by atoms with Crippen molar-refractivity contribution < 1.29 is 4.92 Å². The van der Waals surface area contributed by atoms with Gasteiger partial charge in [0.25, 0.3) is 5.69 Å². The van der Waals surface area contributed by atoms with Crippen molar-refractivity contribution in [1.29, 1.82) is 0 Å². The molecule has 0 amide bonds. The molecule has 0 bridgehead atoms. The second-order valence-electron chi connectivity index (χ2n) is 11.3. The van der Waals surface area contributed by atoms with Gasteiger partial charge in [-0.05, 0) is 80.9 Å². The summed E-state index contributed by atoms with van der Waals surface area (Å²) < 4.78 is 0.524. The van der Waals surface area contributed by atoms with Crippen LogP contribution in [-0.2, 0) is 10.8 Å². The molecule has 38 heavy (non-hydrogen) atoms. The number of hydrogen-bond donors (Lipinski definition) is 0. The molecule has 1 heterocycles. The fourth-order valence-corrected chi connectivity index (χ4v) is 7.20. The van der Waals surface area contributed by atoms with Crippen molar-refractivity contribution in [1.82, 2.24) is 0 Å². The van der Waals surface area contributed by atoms with Crippen LogP contribution in [0.1, 0.15) is 62.6 Å². The monoisotopic (exact) mass is 570 g/mol. The second-order valence-corrected chi connectivity index (χ2v) is 12.2. The van der Waals surface area contributed by atoms with Gasteiger partial charge in [0.2, 0.25) is 0 Å². The standard InChI is InChI=1S/C33H35BrN2O2/c1-22-16-17-24-13-7-8-14-25(24)31(22)32(3,4)23(2)12-11-15-30-33(18-9-6-10-19-33)26-20-29(36(37)38)27(34)21-28(26)35(30)5/h7-8,11-17,20-21H,2,6,9-10,18-19H2,1,3-5H3/b12-11+,30-15+. The Bertz CT molecular complexity index is 1510. The predicted octanol–water partition coefficient (Wildman–Crippen LogP) is 9.44. The van der Waals surface area contributed by atoms with Crippen LogP contribution in [0, 0.1) is 17.0 Å². The number of nitrogens with zero attached hydrogens (tertiary/aromatic N) is 2. The molecule has 1 aliphatic heterocycles. The normalized spacial score (nSPS) is 18.0. The van der Waals surface area contributed by atoms with Gasteiger partial charge in [0.1, 0.15) is 0 Å². The van der Waals surface area contributed by atoms with E-state index in [-0.39, 0.29) is 21.4 Å². The number of allylic oxidation sites excluding steroid dienone is 5. The van der Waals surface area contributed by atoms with Crippen LogP contribution < -0.4 is 4.90 Å². The van der Waals surface area contributed by atoms with Gasteiger partial charge in [-0.2, -0.15) is 0 Å². The van der Waals surface area contributed by atoms with E-state index in [1.54, 1.807) is 6.07 Å². The molecule has 3 aromatic carbocycles. The SMILES string of the molecule is C=C(/C=C/C=C1/N(C)c2cc(Br)c([N+](=O)[O-])cc2C12CCCCC2)C(C)(C)c1c(C)ccc2ccccc12. The minimum absolute atomic E-state index is 0.138. The van der Waals surface area contributed by atoms with Crippen molar-refractivity contribution in [3.05, 3.63) is 116 Å². The Morgan fingerprint density at radius 1 is 1.13 bits per heavy atom. The summed E-state index contributed by atoms with van der Waals surface area (Å²) in [6.07, 6.45) is 11.9. The topological polar surface area (TPSA) is 46.4 Å². The van der Waals surface area contributed by atoms with Gasteiger partial charge >= 0.3 is 0 Å². The second kappa shape index (κ2) is 9.85. The number of nitro groups is 1. The number of rotatable bonds is 5. The number of benzene rings is 3. The van der Waals surface area contributed by atoms with E-state index in [4.69, 9.17) is 0 Å². The Labute approximate surface area is 234 Å². The smallest absolute Gasteiger partial charge is 0.283 e. The van der Waals surface area contributed by atoms with Crippen LogP contribution in [0.5, 0.6) is 0 Å². The average Bonchev–Trinajstić information content (AvgIpc) is 3.09. The van der Waals surface area contributed by atoms with Crippen LogP contribution in [0.15, 0.2) is 89.1 Å². The van der Waals surface area contributed by atoms with Crippen molar-refractivity contribution in [2.45, 2.75) is 63.7 Å². The summed E-state index contributed by atoms with van der Waals surface area (Å²) >= 11 is 3.44. The summed E-state index contributed by atoms with van der Waals surface area (Å²) in [5, 5.41) is 14.3. The van der Waals surface area contributed by atoms with Crippen LogP contribution in [0.2, 0.25) is 0 Å². The molecular formula is C33H35BrN2O2. The summed E-state index contributed by atoms with van der Waals surface area (Å²) in [5.74, 6) is 0. The zero-order valence-corrected chi connectivity index (χ0v) is 24.3. The highest BCUT2D eigenvalue weighted by Crippen LogP contribution is 2.56. The molecule has 1 saturated carbocycles. The van der Waals surface area contributed by atoms with E-state index >= 15 is 0 Å². The quantitative estimate of drug-likeness (QED) is 0.174. The lowest BCUT2D eigenvalue weighted by molar-refractivity contribution is -0.385. The first-order valence-corrected chi connectivity index (χ1v) is 14.2. The lowest BCUT2D eigenvalue weighted by Crippen LogP contribution is -2.31. The van der Waals surface area contributed by atoms with E-state index < -0.39 is 0 Å². The first-order chi connectivity index (χ1) is 18.1. The molecule has 1 aliphatic carbocycles. The predicted molar refractivity (Wildman–Crippen MR) is 162 cm³/mol. The van der Waals surface area contributed by atoms with Gasteiger partial charge in [-0.25, -0.2) is 0 Å². The van der Waals surface area contributed by atoms with Crippen molar-refractivity contribution in [3.8, 4) is 0 Å². The number of anilines is 1. The lowest BCUT2D eigenvalue weighted by Gasteiger charge is -2.36. The van der Waals surface area contributed by atoms with Crippen molar-refractivity contribution in [2.75, 3.05) is 11.9 Å². The van der Waals surface area contributed by atoms with Gasteiger partial charge in [0, 0.05) is 35.3 Å². The van der Waals surface area contributed by atoms with Gasteiger partial charge in [-0.15, -0.1) is 0 Å². The fourth-order valence-electron chi connectivity index (χ4n) is 6.73. The van der Waals surface area contributed by atoms with Gasteiger partial charge in [-0.3, -0.25) is 10.1 Å². The third kappa shape index (κ3) is 4.21. The molecule has 5 heteroatoms. The number of likely N-dealkylation sites (N-methyl/N-ethyl adjacent to an activating group) is 1. The maximum Gasteiger partial charge on any atom is 0.283 e. The molecular weight excluding hydrogens is 536 g/mol. The molecule has 0 saturated heterocycles. The van der Waals surface area contributed by atoms with Gasteiger partial charge in [0.05, 0.1) is 9.40 Å². The number of aryl methyl sites for hydroxylation is 1. The van der Waals surface area contributed by atoms with E-state index in [1.165, 1.54) is 34.0 Å². The van der Waals surface area contributed by atoms with Gasteiger partial charge in [-0.1, -0.05) is 88.2 Å². The summed E-state index contributed by atoms with van der Waals surface area (Å²) in [5.41, 5.74) is 6.66. The third-order valence-electron chi connectivity index (χ3n) is 8.81. The van der Waals surface area contributed by atoms with E-state index in [1.807, 2.05) is 6.07 Å². The average molecular weight is 572 g/mol. The molecule has 0 radical (unpaired) electrons. The van der Waals surface area contributed by atoms with Crippen LogP contribution >= 0.6 is 15.9 Å². The van der Waals surface area contributed by atoms with E-state index in [0.29, 0.717) is 4.47 Å². The maximum absolute atomic E-state index is 11.7. The largest absolute Gasteiger partial charge is 0.347 e. The molecule has 0 N–H and O–H groups in total. The van der Waals surface area contributed by atoms with Gasteiger partial charge in [0.15, 0.2) is 0 Å². The Balaban J connectivity index is 1.53. The summed E-state index contributed by atoms with van der Waals surface area (Å²) in [6.45, 7) is 11.2. The van der Waals surface area contributed by atoms with E-state index in [2.05, 4.69) is 110 Å². The Kier molecular flexibility index (Phi) is 6.85. The molecule has 3 aromatic rings. The molecule has 2 aliphatic rings. The van der Waals surface area contributed by atoms with Gasteiger partial charge < -0.3 is 4.90 Å². The Hall–Kier alpha value is -3.18. The zero-order chi connectivity index (χ0) is 27.2. The molecule has 1 spiro atoms.